The lowest BCUT2D eigenvalue weighted by atomic mass is 9.93. The van der Waals surface area contributed by atoms with Crippen LogP contribution in [-0.4, -0.2) is 4.98 Å². The highest BCUT2D eigenvalue weighted by Gasteiger charge is 2.11. The lowest BCUT2D eigenvalue weighted by molar-refractivity contribution is 0.928. The van der Waals surface area contributed by atoms with Crippen molar-refractivity contribution in [1.82, 2.24) is 4.98 Å². The monoisotopic (exact) mass is 317 g/mol. The van der Waals surface area contributed by atoms with E-state index in [4.69, 9.17) is 0 Å². The molecule has 0 bridgehead atoms. The molecule has 1 aromatic heterocycles. The zero-order valence-corrected chi connectivity index (χ0v) is 14.5. The molecule has 1 aliphatic rings. The Kier molecular flexibility index (Phi) is 4.69. The molecule has 0 spiro atoms. The van der Waals surface area contributed by atoms with E-state index in [9.17, 15) is 0 Å². The maximum Gasteiger partial charge on any atom is 0.0485 e. The highest BCUT2D eigenvalue weighted by Crippen LogP contribution is 2.31. The minimum Gasteiger partial charge on any atom is -0.261 e. The summed E-state index contributed by atoms with van der Waals surface area (Å²) in [4.78, 5) is 4.52. The predicted octanol–water partition coefficient (Wildman–Crippen LogP) is 5.43. The SMILES string of the molecule is C1=Cc2c(-c3ccc(-c4ccccc4)cc3)ccnc2CC1.P. The van der Waals surface area contributed by atoms with Gasteiger partial charge in [-0.05, 0) is 41.2 Å². The van der Waals surface area contributed by atoms with Gasteiger partial charge >= 0.3 is 0 Å². The lowest BCUT2D eigenvalue weighted by Crippen LogP contribution is -1.99. The van der Waals surface area contributed by atoms with E-state index < -0.39 is 0 Å². The van der Waals surface area contributed by atoms with Gasteiger partial charge in [0, 0.05) is 17.5 Å². The molecule has 3 aromatic rings. The number of aryl methyl sites for hydroxylation is 1. The Morgan fingerprint density at radius 1 is 0.739 bits per heavy atom. The van der Waals surface area contributed by atoms with Crippen molar-refractivity contribution in [3.63, 3.8) is 0 Å². The molecule has 1 heterocycles. The third-order valence-electron chi connectivity index (χ3n) is 4.21. The summed E-state index contributed by atoms with van der Waals surface area (Å²) >= 11 is 0. The average Bonchev–Trinajstić information content (AvgIpc) is 2.62. The second-order valence-electron chi connectivity index (χ2n) is 5.60. The number of fused-ring (bicyclic) bond motifs is 1. The van der Waals surface area contributed by atoms with Gasteiger partial charge in [-0.3, -0.25) is 4.98 Å². The first-order chi connectivity index (χ1) is 10.9. The molecule has 1 nitrogen and oxygen atoms in total. The third-order valence-corrected chi connectivity index (χ3v) is 4.21. The van der Waals surface area contributed by atoms with E-state index >= 15 is 0 Å². The predicted molar refractivity (Wildman–Crippen MR) is 104 cm³/mol. The molecule has 0 saturated carbocycles. The lowest BCUT2D eigenvalue weighted by Gasteiger charge is -2.14. The van der Waals surface area contributed by atoms with Gasteiger partial charge in [0.15, 0.2) is 0 Å². The Bertz CT molecular complexity index is 820. The van der Waals surface area contributed by atoms with E-state index in [1.54, 1.807) is 0 Å². The van der Waals surface area contributed by atoms with Gasteiger partial charge in [-0.2, -0.15) is 9.90 Å². The molecule has 1 atom stereocenters. The van der Waals surface area contributed by atoms with E-state index in [0.717, 1.165) is 12.8 Å². The topological polar surface area (TPSA) is 12.9 Å². The fourth-order valence-corrected chi connectivity index (χ4v) is 3.05. The van der Waals surface area contributed by atoms with Crippen molar-refractivity contribution in [2.45, 2.75) is 12.8 Å². The zero-order chi connectivity index (χ0) is 14.8. The summed E-state index contributed by atoms with van der Waals surface area (Å²) in [6, 6.07) is 21.4. The van der Waals surface area contributed by atoms with E-state index in [2.05, 4.69) is 71.7 Å². The summed E-state index contributed by atoms with van der Waals surface area (Å²) in [6.45, 7) is 0. The van der Waals surface area contributed by atoms with Crippen LogP contribution in [0, 0.1) is 0 Å². The molecule has 0 aliphatic heterocycles. The first kappa shape index (κ1) is 15.6. The number of rotatable bonds is 2. The minimum atomic E-state index is 0. The van der Waals surface area contributed by atoms with Crippen molar-refractivity contribution in [3.05, 3.63) is 84.2 Å². The quantitative estimate of drug-likeness (QED) is 0.574. The molecule has 2 aromatic carbocycles. The Morgan fingerprint density at radius 2 is 1.43 bits per heavy atom. The van der Waals surface area contributed by atoms with Crippen LogP contribution in [0.3, 0.4) is 0 Å². The van der Waals surface area contributed by atoms with Crippen LogP contribution in [0.2, 0.25) is 0 Å². The fourth-order valence-electron chi connectivity index (χ4n) is 3.05. The average molecular weight is 317 g/mol. The number of hydrogen-bond acceptors (Lipinski definition) is 1. The van der Waals surface area contributed by atoms with Crippen molar-refractivity contribution in [3.8, 4) is 22.3 Å². The standard InChI is InChI=1S/C21H17N.H3P/c1-2-6-16(7-3-1)17-10-12-18(13-11-17)19-14-15-22-21-9-5-4-8-20(19)21;/h1-4,6-8,10-15H,5,9H2;1H3. The summed E-state index contributed by atoms with van der Waals surface area (Å²) in [6.07, 6.45) is 8.52. The molecular weight excluding hydrogens is 297 g/mol. The number of hydrogen-bond donors (Lipinski definition) is 0. The first-order valence-corrected chi connectivity index (χ1v) is 7.72. The summed E-state index contributed by atoms with van der Waals surface area (Å²) in [5.41, 5.74) is 7.53. The second-order valence-corrected chi connectivity index (χ2v) is 5.60. The van der Waals surface area contributed by atoms with Crippen LogP contribution in [0.25, 0.3) is 28.3 Å². The summed E-state index contributed by atoms with van der Waals surface area (Å²) in [7, 11) is 0. The van der Waals surface area contributed by atoms with Gasteiger partial charge in [-0.15, -0.1) is 0 Å². The molecule has 1 aliphatic carbocycles. The minimum absolute atomic E-state index is 0. The Morgan fingerprint density at radius 3 is 2.22 bits per heavy atom. The molecule has 4 rings (SSSR count). The van der Waals surface area contributed by atoms with Crippen LogP contribution < -0.4 is 0 Å². The van der Waals surface area contributed by atoms with Crippen molar-refractivity contribution in [1.29, 1.82) is 0 Å². The van der Waals surface area contributed by atoms with Gasteiger partial charge in [0.05, 0.1) is 0 Å². The molecular formula is C21H20NP. The zero-order valence-electron chi connectivity index (χ0n) is 13.1. The van der Waals surface area contributed by atoms with E-state index in [1.807, 2.05) is 12.3 Å². The largest absolute Gasteiger partial charge is 0.261 e. The van der Waals surface area contributed by atoms with Crippen molar-refractivity contribution in [2.24, 2.45) is 0 Å². The normalized spacial score (nSPS) is 12.3. The molecule has 2 heteroatoms. The molecule has 23 heavy (non-hydrogen) atoms. The van der Waals surface area contributed by atoms with E-state index in [-0.39, 0.29) is 9.90 Å². The van der Waals surface area contributed by atoms with Gasteiger partial charge in [0.1, 0.15) is 0 Å². The number of pyridine rings is 1. The highest BCUT2D eigenvalue weighted by molar-refractivity contribution is 6.92. The molecule has 0 fully saturated rings. The smallest absolute Gasteiger partial charge is 0.0485 e. The van der Waals surface area contributed by atoms with Crippen LogP contribution in [-0.2, 0) is 6.42 Å². The fraction of sp³-hybridized carbons (Fsp3) is 0.0952. The summed E-state index contributed by atoms with van der Waals surface area (Å²) < 4.78 is 0. The highest BCUT2D eigenvalue weighted by atomic mass is 31.0. The van der Waals surface area contributed by atoms with Crippen LogP contribution >= 0.6 is 9.90 Å². The molecule has 114 valence electrons. The number of allylic oxidation sites excluding steroid dienone is 1. The van der Waals surface area contributed by atoms with Crippen molar-refractivity contribution >= 4 is 16.0 Å². The molecule has 0 amide bonds. The van der Waals surface area contributed by atoms with Gasteiger partial charge in [0.25, 0.3) is 0 Å². The van der Waals surface area contributed by atoms with Crippen LogP contribution in [0.4, 0.5) is 0 Å². The Balaban J connectivity index is 0.00000156. The molecule has 0 saturated heterocycles. The number of nitrogens with zero attached hydrogens (tertiary/aromatic N) is 1. The maximum absolute atomic E-state index is 4.52. The van der Waals surface area contributed by atoms with Crippen molar-refractivity contribution in [2.75, 3.05) is 0 Å². The number of aromatic nitrogens is 1. The third kappa shape index (κ3) is 3.11. The van der Waals surface area contributed by atoms with Crippen LogP contribution in [0.5, 0.6) is 0 Å². The van der Waals surface area contributed by atoms with E-state index in [1.165, 1.54) is 33.5 Å². The Labute approximate surface area is 140 Å². The van der Waals surface area contributed by atoms with Crippen LogP contribution in [0.15, 0.2) is 72.9 Å². The molecule has 1 unspecified atom stereocenters. The number of benzene rings is 2. The van der Waals surface area contributed by atoms with Crippen LogP contribution in [0.1, 0.15) is 17.7 Å². The Hall–Kier alpha value is -2.24. The van der Waals surface area contributed by atoms with Gasteiger partial charge in [0.2, 0.25) is 0 Å². The van der Waals surface area contributed by atoms with Gasteiger partial charge in [-0.25, -0.2) is 0 Å². The van der Waals surface area contributed by atoms with Gasteiger partial charge in [-0.1, -0.05) is 66.7 Å². The van der Waals surface area contributed by atoms with Crippen molar-refractivity contribution < 1.29 is 0 Å². The van der Waals surface area contributed by atoms with E-state index in [0.29, 0.717) is 0 Å². The second kappa shape index (κ2) is 6.89. The first-order valence-electron chi connectivity index (χ1n) is 7.72. The molecule has 0 radical (unpaired) electrons. The van der Waals surface area contributed by atoms with Gasteiger partial charge < -0.3 is 0 Å². The summed E-state index contributed by atoms with van der Waals surface area (Å²) in [5.74, 6) is 0. The summed E-state index contributed by atoms with van der Waals surface area (Å²) in [5, 5.41) is 0. The molecule has 0 N–H and O–H groups in total. The maximum atomic E-state index is 4.52.